The van der Waals surface area contributed by atoms with Crippen LogP contribution in [-0.2, 0) is 6.42 Å². The lowest BCUT2D eigenvalue weighted by Crippen LogP contribution is -2.40. The number of benzene rings is 1. The van der Waals surface area contributed by atoms with Crippen LogP contribution in [-0.4, -0.2) is 4.99 Å². The second-order valence-electron chi connectivity index (χ2n) is 5.95. The van der Waals surface area contributed by atoms with Crippen LogP contribution in [0.2, 0.25) is 5.02 Å². The van der Waals surface area contributed by atoms with Crippen LogP contribution in [0.25, 0.3) is 11.5 Å². The van der Waals surface area contributed by atoms with Crippen molar-refractivity contribution in [2.24, 2.45) is 0 Å². The summed E-state index contributed by atoms with van der Waals surface area (Å²) < 4.78 is 1.77. The molecule has 0 bridgehead atoms. The summed E-state index contributed by atoms with van der Waals surface area (Å²) in [5, 5.41) is 18.7. The van der Waals surface area contributed by atoms with Gasteiger partial charge in [-0.15, -0.1) is 11.3 Å². The number of pyridine rings is 1. The fourth-order valence-electron chi connectivity index (χ4n) is 2.67. The molecule has 0 unspecified atom stereocenters. The number of anilines is 1. The number of halogens is 1. The predicted molar refractivity (Wildman–Crippen MR) is 116 cm³/mol. The normalized spacial score (nSPS) is 11.8. The summed E-state index contributed by atoms with van der Waals surface area (Å²) in [4.78, 5) is 0.966. The summed E-state index contributed by atoms with van der Waals surface area (Å²) >= 11 is 13.2. The zero-order valence-corrected chi connectivity index (χ0v) is 17.2. The molecule has 2 aromatic heterocycles. The van der Waals surface area contributed by atoms with Crippen LogP contribution in [0.3, 0.4) is 0 Å². The van der Waals surface area contributed by atoms with Gasteiger partial charge in [-0.2, -0.15) is 4.57 Å². The molecule has 0 atom stereocenters. The molecule has 0 fully saturated rings. The average Bonchev–Trinajstić information content (AvgIpc) is 3.20. The molecule has 0 amide bonds. The number of para-hydroxylation sites is 1. The minimum atomic E-state index is -0.122. The summed E-state index contributed by atoms with van der Waals surface area (Å²) in [6, 6.07) is 15.0. The third kappa shape index (κ3) is 4.75. The van der Waals surface area contributed by atoms with Crippen LogP contribution in [0.5, 0.6) is 0 Å². The van der Waals surface area contributed by atoms with Crippen molar-refractivity contribution >= 4 is 57.3 Å². The van der Waals surface area contributed by atoms with Gasteiger partial charge < -0.3 is 10.4 Å². The van der Waals surface area contributed by atoms with Gasteiger partial charge in [0.2, 0.25) is 5.70 Å². The molecular weight excluding hydrogens is 396 g/mol. The van der Waals surface area contributed by atoms with Gasteiger partial charge in [-0.1, -0.05) is 55.4 Å². The number of aromatic nitrogens is 1. The maximum Gasteiger partial charge on any atom is 0.239 e. The van der Waals surface area contributed by atoms with E-state index in [9.17, 15) is 5.11 Å². The number of nitrogens with one attached hydrogen (secondary N) is 1. The molecule has 27 heavy (non-hydrogen) atoms. The van der Waals surface area contributed by atoms with E-state index < -0.39 is 0 Å². The van der Waals surface area contributed by atoms with Crippen molar-refractivity contribution in [3.05, 3.63) is 81.8 Å². The first-order chi connectivity index (χ1) is 13.1. The van der Waals surface area contributed by atoms with Gasteiger partial charge in [0.05, 0.1) is 10.7 Å². The van der Waals surface area contributed by atoms with Crippen molar-refractivity contribution in [1.82, 2.24) is 0 Å². The smallest absolute Gasteiger partial charge is 0.239 e. The zero-order chi connectivity index (χ0) is 19.2. The van der Waals surface area contributed by atoms with E-state index in [0.717, 1.165) is 12.8 Å². The topological polar surface area (TPSA) is 39.0 Å². The minimum Gasteiger partial charge on any atom is -0.867 e. The van der Waals surface area contributed by atoms with Gasteiger partial charge in [-0.3, -0.25) is 0 Å². The molecule has 138 valence electrons. The lowest BCUT2D eigenvalue weighted by Gasteiger charge is -2.16. The lowest BCUT2D eigenvalue weighted by atomic mass is 10.1. The Morgan fingerprint density at radius 2 is 1.89 bits per heavy atom. The molecule has 3 aromatic rings. The molecule has 0 aliphatic heterocycles. The second kappa shape index (κ2) is 9.13. The van der Waals surface area contributed by atoms with E-state index in [0.29, 0.717) is 26.3 Å². The van der Waals surface area contributed by atoms with Crippen LogP contribution in [0, 0.1) is 0 Å². The molecule has 6 heteroatoms. The van der Waals surface area contributed by atoms with E-state index in [1.807, 2.05) is 54.2 Å². The first kappa shape index (κ1) is 19.5. The quantitative estimate of drug-likeness (QED) is 0.273. The Morgan fingerprint density at radius 1 is 1.15 bits per heavy atom. The maximum absolute atomic E-state index is 13.1. The van der Waals surface area contributed by atoms with E-state index in [1.165, 1.54) is 16.9 Å². The molecule has 0 aliphatic rings. The Hall–Kier alpha value is -2.21. The van der Waals surface area contributed by atoms with Gasteiger partial charge >= 0.3 is 0 Å². The van der Waals surface area contributed by atoms with Gasteiger partial charge in [-0.05, 0) is 41.3 Å². The van der Waals surface area contributed by atoms with Gasteiger partial charge in [0.25, 0.3) is 0 Å². The second-order valence-corrected chi connectivity index (χ2v) is 7.72. The highest BCUT2D eigenvalue weighted by atomic mass is 35.5. The van der Waals surface area contributed by atoms with Crippen molar-refractivity contribution < 1.29 is 9.67 Å². The van der Waals surface area contributed by atoms with Gasteiger partial charge in [0, 0.05) is 17.0 Å². The Bertz CT molecular complexity index is 951. The SMILES string of the molecule is CCCc1cc[n+](C(C(=S)Nc2ccccc2Cl)=C([O-])c2cccs2)cc1. The molecule has 3 rings (SSSR count). The predicted octanol–water partition coefficient (Wildman–Crippen LogP) is 4.77. The summed E-state index contributed by atoms with van der Waals surface area (Å²) in [6.07, 6.45) is 5.83. The number of hydrogen-bond donors (Lipinski definition) is 1. The summed E-state index contributed by atoms with van der Waals surface area (Å²) in [7, 11) is 0. The van der Waals surface area contributed by atoms with Crippen LogP contribution in [0.4, 0.5) is 5.69 Å². The maximum atomic E-state index is 13.1. The van der Waals surface area contributed by atoms with E-state index in [1.54, 1.807) is 16.7 Å². The fraction of sp³-hybridized carbons (Fsp3) is 0.143. The van der Waals surface area contributed by atoms with Gasteiger partial charge in [0.1, 0.15) is 0 Å². The number of thiocarbonyl (C=S) groups is 1. The van der Waals surface area contributed by atoms with Crippen molar-refractivity contribution in [2.75, 3.05) is 5.32 Å². The molecule has 3 nitrogen and oxygen atoms in total. The number of hydrogen-bond acceptors (Lipinski definition) is 3. The first-order valence-electron chi connectivity index (χ1n) is 8.61. The highest BCUT2D eigenvalue weighted by Crippen LogP contribution is 2.24. The minimum absolute atomic E-state index is 0.122. The van der Waals surface area contributed by atoms with Crippen molar-refractivity contribution in [3.63, 3.8) is 0 Å². The van der Waals surface area contributed by atoms with E-state index in [2.05, 4.69) is 12.2 Å². The first-order valence-corrected chi connectivity index (χ1v) is 10.3. The Labute approximate surface area is 173 Å². The van der Waals surface area contributed by atoms with Crippen molar-refractivity contribution in [2.45, 2.75) is 19.8 Å². The van der Waals surface area contributed by atoms with Gasteiger partial charge in [-0.25, -0.2) is 0 Å². The number of rotatable bonds is 6. The summed E-state index contributed by atoms with van der Waals surface area (Å²) in [5.41, 5.74) is 2.29. The molecule has 0 saturated heterocycles. The molecule has 0 aliphatic carbocycles. The molecule has 2 heterocycles. The zero-order valence-electron chi connectivity index (χ0n) is 14.8. The lowest BCUT2D eigenvalue weighted by molar-refractivity contribution is -0.577. The standard InChI is InChI=1S/C21H19ClN2OS2/c1-2-6-15-10-12-24(13-11-15)19(20(25)18-9-5-14-27-18)21(26)23-17-8-4-3-7-16(17)22/h3-5,7-14H,2,6H2,1H3,(H-,23,25,26). The number of aryl methyl sites for hydroxylation is 1. The monoisotopic (exact) mass is 414 g/mol. The van der Waals surface area contributed by atoms with Gasteiger partial charge in [0.15, 0.2) is 17.4 Å². The van der Waals surface area contributed by atoms with Crippen LogP contribution in [0.1, 0.15) is 23.8 Å². The van der Waals surface area contributed by atoms with Crippen LogP contribution >= 0.6 is 35.2 Å². The van der Waals surface area contributed by atoms with Crippen molar-refractivity contribution in [1.29, 1.82) is 0 Å². The Morgan fingerprint density at radius 3 is 2.52 bits per heavy atom. The van der Waals surface area contributed by atoms with E-state index in [-0.39, 0.29) is 5.76 Å². The Kier molecular flexibility index (Phi) is 6.61. The fourth-order valence-corrected chi connectivity index (χ4v) is 3.82. The molecule has 1 N–H and O–H groups in total. The highest BCUT2D eigenvalue weighted by molar-refractivity contribution is 7.81. The Balaban J connectivity index is 2.01. The number of thiophene rings is 1. The number of nitrogens with zero attached hydrogens (tertiary/aromatic N) is 1. The van der Waals surface area contributed by atoms with Crippen molar-refractivity contribution in [3.8, 4) is 0 Å². The third-order valence-electron chi connectivity index (χ3n) is 3.99. The van der Waals surface area contributed by atoms with E-state index in [4.69, 9.17) is 23.8 Å². The summed E-state index contributed by atoms with van der Waals surface area (Å²) in [6.45, 7) is 2.14. The van der Waals surface area contributed by atoms with E-state index >= 15 is 0 Å². The third-order valence-corrected chi connectivity index (χ3v) is 5.49. The molecule has 0 saturated carbocycles. The highest BCUT2D eigenvalue weighted by Gasteiger charge is 2.20. The molecule has 1 aromatic carbocycles. The largest absolute Gasteiger partial charge is 0.867 e. The molecular formula is C21H19ClN2OS2. The van der Waals surface area contributed by atoms with Crippen LogP contribution < -0.4 is 15.0 Å². The average molecular weight is 415 g/mol. The van der Waals surface area contributed by atoms with Crippen LogP contribution in [0.15, 0.2) is 66.3 Å². The molecule has 0 spiro atoms. The summed E-state index contributed by atoms with van der Waals surface area (Å²) in [5.74, 6) is -0.122. The molecule has 0 radical (unpaired) electrons.